The highest BCUT2D eigenvalue weighted by Gasteiger charge is 2.43. The van der Waals surface area contributed by atoms with Crippen molar-refractivity contribution in [1.29, 1.82) is 0 Å². The third kappa shape index (κ3) is 3.91. The number of carbonyl (C=O) groups is 4. The minimum atomic E-state index is -0.727. The number of benzene rings is 1. The summed E-state index contributed by atoms with van der Waals surface area (Å²) < 4.78 is 5.06. The third-order valence-corrected chi connectivity index (χ3v) is 5.07. The number of fused-ring (bicyclic) bond motifs is 1. The summed E-state index contributed by atoms with van der Waals surface area (Å²) in [6.07, 6.45) is 1.27. The van der Waals surface area contributed by atoms with E-state index in [2.05, 4.69) is 0 Å². The largest absolute Gasteiger partial charge is 0.443 e. The van der Waals surface area contributed by atoms with Gasteiger partial charge in [-0.3, -0.25) is 24.1 Å². The summed E-state index contributed by atoms with van der Waals surface area (Å²) in [5.41, 5.74) is 2.64. The molecule has 1 fully saturated rings. The van der Waals surface area contributed by atoms with Gasteiger partial charge in [0.1, 0.15) is 6.04 Å². The Hall–Kier alpha value is -2.74. The minimum Gasteiger partial charge on any atom is -0.443 e. The van der Waals surface area contributed by atoms with Crippen molar-refractivity contribution in [2.75, 3.05) is 27.4 Å². The Kier molecular flexibility index (Phi) is 5.79. The maximum absolute atomic E-state index is 12.9. The van der Waals surface area contributed by atoms with Crippen molar-refractivity contribution in [3.8, 4) is 0 Å². The topological polar surface area (TPSA) is 87.2 Å². The molecular weight excluding hydrogens is 362 g/mol. The molecule has 0 radical (unpaired) electrons. The van der Waals surface area contributed by atoms with Gasteiger partial charge in [0.05, 0.1) is 6.54 Å². The maximum Gasteiger partial charge on any atom is 0.321 e. The Balaban J connectivity index is 1.71. The second-order valence-electron chi connectivity index (χ2n) is 7.38. The van der Waals surface area contributed by atoms with Gasteiger partial charge in [-0.05, 0) is 44.1 Å². The Bertz CT molecular complexity index is 820. The number of piperidine rings is 1. The van der Waals surface area contributed by atoms with Crippen LogP contribution >= 0.6 is 0 Å². The van der Waals surface area contributed by atoms with Crippen molar-refractivity contribution >= 4 is 23.7 Å². The lowest BCUT2D eigenvalue weighted by molar-refractivity contribution is -0.164. The van der Waals surface area contributed by atoms with E-state index in [-0.39, 0.29) is 25.3 Å². The summed E-state index contributed by atoms with van der Waals surface area (Å²) in [5, 5.41) is 0. The molecule has 1 unspecified atom stereocenters. The van der Waals surface area contributed by atoms with Crippen LogP contribution in [0.25, 0.3) is 0 Å². The van der Waals surface area contributed by atoms with E-state index >= 15 is 0 Å². The number of aryl methyl sites for hydroxylation is 1. The van der Waals surface area contributed by atoms with Gasteiger partial charge >= 0.3 is 5.97 Å². The van der Waals surface area contributed by atoms with E-state index in [1.165, 1.54) is 4.90 Å². The SMILES string of the molecule is CCc1ccc2c(c1)CN(C1CCC(=O)N(COC(=O)CN(C)C)C1=O)C2=O. The number of hydrogen-bond acceptors (Lipinski definition) is 6. The lowest BCUT2D eigenvalue weighted by Crippen LogP contribution is -2.55. The van der Waals surface area contributed by atoms with Gasteiger partial charge < -0.3 is 9.64 Å². The first-order valence-electron chi connectivity index (χ1n) is 9.39. The number of nitrogens with zero attached hydrogens (tertiary/aromatic N) is 3. The summed E-state index contributed by atoms with van der Waals surface area (Å²) in [6, 6.07) is 4.99. The summed E-state index contributed by atoms with van der Waals surface area (Å²) in [4.78, 5) is 53.7. The molecular formula is C20H25N3O5. The van der Waals surface area contributed by atoms with Gasteiger partial charge in [-0.2, -0.15) is 0 Å². The van der Waals surface area contributed by atoms with Crippen LogP contribution in [-0.2, 0) is 32.1 Å². The van der Waals surface area contributed by atoms with Gasteiger partial charge in [-0.1, -0.05) is 19.1 Å². The molecule has 0 saturated carbocycles. The van der Waals surface area contributed by atoms with Crippen LogP contribution in [0.4, 0.5) is 0 Å². The molecule has 1 aromatic carbocycles. The molecule has 1 saturated heterocycles. The highest BCUT2D eigenvalue weighted by Crippen LogP contribution is 2.29. The molecule has 28 heavy (non-hydrogen) atoms. The molecule has 2 aliphatic rings. The average Bonchev–Trinajstić information content (AvgIpc) is 2.97. The fourth-order valence-corrected chi connectivity index (χ4v) is 3.55. The van der Waals surface area contributed by atoms with E-state index in [1.54, 1.807) is 25.1 Å². The predicted octanol–water partition coefficient (Wildman–Crippen LogP) is 0.785. The predicted molar refractivity (Wildman–Crippen MR) is 100 cm³/mol. The quantitative estimate of drug-likeness (QED) is 0.530. The first-order valence-corrected chi connectivity index (χ1v) is 9.39. The number of imide groups is 1. The monoisotopic (exact) mass is 387 g/mol. The van der Waals surface area contributed by atoms with Crippen molar-refractivity contribution in [1.82, 2.24) is 14.7 Å². The molecule has 3 rings (SSSR count). The van der Waals surface area contributed by atoms with Crippen LogP contribution in [0.5, 0.6) is 0 Å². The second-order valence-corrected chi connectivity index (χ2v) is 7.38. The number of likely N-dealkylation sites (N-methyl/N-ethyl adjacent to an activating group) is 1. The van der Waals surface area contributed by atoms with Crippen molar-refractivity contribution in [3.05, 3.63) is 34.9 Å². The molecule has 1 aromatic rings. The number of hydrogen-bond donors (Lipinski definition) is 0. The maximum atomic E-state index is 12.9. The van der Waals surface area contributed by atoms with E-state index in [4.69, 9.17) is 4.74 Å². The number of amides is 3. The van der Waals surface area contributed by atoms with E-state index in [9.17, 15) is 19.2 Å². The standard InChI is InChI=1S/C20H25N3O5/c1-4-13-5-6-15-14(9-13)10-22(19(15)26)16-7-8-17(24)23(20(16)27)12-28-18(25)11-21(2)3/h5-6,9,16H,4,7-8,10-12H2,1-3H3. The molecule has 0 bridgehead atoms. The number of likely N-dealkylation sites (tertiary alicyclic amines) is 1. The fourth-order valence-electron chi connectivity index (χ4n) is 3.55. The molecule has 8 heteroatoms. The smallest absolute Gasteiger partial charge is 0.321 e. The molecule has 0 aliphatic carbocycles. The van der Waals surface area contributed by atoms with Crippen LogP contribution in [0.1, 0.15) is 41.3 Å². The number of carbonyl (C=O) groups excluding carboxylic acids is 4. The average molecular weight is 387 g/mol. The molecule has 8 nitrogen and oxygen atoms in total. The molecule has 0 spiro atoms. The molecule has 3 amide bonds. The first-order chi connectivity index (χ1) is 13.3. The normalized spacial score (nSPS) is 19.4. The highest BCUT2D eigenvalue weighted by molar-refractivity contribution is 6.05. The summed E-state index contributed by atoms with van der Waals surface area (Å²) in [6.45, 7) is 2.03. The summed E-state index contributed by atoms with van der Waals surface area (Å²) >= 11 is 0. The molecule has 2 aliphatic heterocycles. The summed E-state index contributed by atoms with van der Waals surface area (Å²) in [5.74, 6) is -1.61. The zero-order valence-electron chi connectivity index (χ0n) is 16.4. The zero-order chi connectivity index (χ0) is 20.4. The summed E-state index contributed by atoms with van der Waals surface area (Å²) in [7, 11) is 3.43. The Morgan fingerprint density at radius 3 is 2.68 bits per heavy atom. The van der Waals surface area contributed by atoms with Crippen LogP contribution < -0.4 is 0 Å². The van der Waals surface area contributed by atoms with Gasteiger partial charge in [-0.15, -0.1) is 0 Å². The Morgan fingerprint density at radius 1 is 1.25 bits per heavy atom. The van der Waals surface area contributed by atoms with Gasteiger partial charge in [0.2, 0.25) is 5.91 Å². The fraction of sp³-hybridized carbons (Fsp3) is 0.500. The molecule has 2 heterocycles. The lowest BCUT2D eigenvalue weighted by Gasteiger charge is -2.35. The Morgan fingerprint density at radius 2 is 2.00 bits per heavy atom. The van der Waals surface area contributed by atoms with E-state index in [0.717, 1.165) is 22.4 Å². The van der Waals surface area contributed by atoms with Crippen LogP contribution in [0.2, 0.25) is 0 Å². The molecule has 0 N–H and O–H groups in total. The van der Waals surface area contributed by atoms with E-state index in [0.29, 0.717) is 12.1 Å². The van der Waals surface area contributed by atoms with Crippen LogP contribution in [0.15, 0.2) is 18.2 Å². The Labute approximate surface area is 164 Å². The van der Waals surface area contributed by atoms with Crippen LogP contribution in [-0.4, -0.2) is 71.8 Å². The minimum absolute atomic E-state index is 0.0549. The van der Waals surface area contributed by atoms with Crippen LogP contribution in [0.3, 0.4) is 0 Å². The lowest BCUT2D eigenvalue weighted by atomic mass is 10.0. The van der Waals surface area contributed by atoms with Gasteiger partial charge in [0.25, 0.3) is 11.8 Å². The van der Waals surface area contributed by atoms with Gasteiger partial charge in [-0.25, -0.2) is 4.90 Å². The highest BCUT2D eigenvalue weighted by atomic mass is 16.5. The van der Waals surface area contributed by atoms with Crippen LogP contribution in [0, 0.1) is 0 Å². The molecule has 150 valence electrons. The third-order valence-electron chi connectivity index (χ3n) is 5.07. The van der Waals surface area contributed by atoms with Crippen molar-refractivity contribution in [3.63, 3.8) is 0 Å². The first kappa shape index (κ1) is 20.0. The number of rotatable bonds is 6. The van der Waals surface area contributed by atoms with Gasteiger partial charge in [0.15, 0.2) is 6.73 Å². The molecule has 0 aromatic heterocycles. The van der Waals surface area contributed by atoms with E-state index < -0.39 is 30.6 Å². The number of ether oxygens (including phenoxy) is 1. The van der Waals surface area contributed by atoms with Crippen molar-refractivity contribution < 1.29 is 23.9 Å². The van der Waals surface area contributed by atoms with E-state index in [1.807, 2.05) is 19.1 Å². The number of esters is 1. The second kappa shape index (κ2) is 8.10. The molecule has 1 atom stereocenters. The zero-order valence-corrected chi connectivity index (χ0v) is 16.4. The van der Waals surface area contributed by atoms with Crippen molar-refractivity contribution in [2.45, 2.75) is 38.8 Å². The van der Waals surface area contributed by atoms with Crippen molar-refractivity contribution in [2.24, 2.45) is 0 Å². The van der Waals surface area contributed by atoms with Gasteiger partial charge in [0, 0.05) is 18.5 Å².